The highest BCUT2D eigenvalue weighted by atomic mass is 32.2. The van der Waals surface area contributed by atoms with Gasteiger partial charge in [0.15, 0.2) is 5.82 Å². The third-order valence-corrected chi connectivity index (χ3v) is 5.05. The lowest BCUT2D eigenvalue weighted by molar-refractivity contribution is 0.425. The van der Waals surface area contributed by atoms with Crippen LogP contribution >= 0.6 is 11.3 Å². The zero-order valence-electron chi connectivity index (χ0n) is 12.4. The number of thiophene rings is 1. The maximum atomic E-state index is 12.3. The predicted molar refractivity (Wildman–Crippen MR) is 89.1 cm³/mol. The monoisotopic (exact) mass is 332 g/mol. The van der Waals surface area contributed by atoms with Gasteiger partial charge in [-0.1, -0.05) is 34.5 Å². The van der Waals surface area contributed by atoms with Gasteiger partial charge in [-0.2, -0.15) is 16.3 Å². The van der Waals surface area contributed by atoms with Crippen molar-refractivity contribution in [2.75, 3.05) is 0 Å². The molecule has 2 heterocycles. The lowest BCUT2D eigenvalue weighted by Gasteiger charge is -2.04. The van der Waals surface area contributed by atoms with Crippen molar-refractivity contribution in [3.05, 3.63) is 57.5 Å². The van der Waals surface area contributed by atoms with E-state index in [9.17, 15) is 4.21 Å². The molecule has 0 aliphatic rings. The van der Waals surface area contributed by atoms with Gasteiger partial charge < -0.3 is 4.52 Å². The lowest BCUT2D eigenvalue weighted by atomic mass is 10.1. The van der Waals surface area contributed by atoms with E-state index in [0.717, 1.165) is 11.1 Å². The fourth-order valence-corrected chi connectivity index (χ4v) is 4.02. The molecule has 0 radical (unpaired) electrons. The quantitative estimate of drug-likeness (QED) is 0.712. The Morgan fingerprint density at radius 3 is 2.64 bits per heavy atom. The van der Waals surface area contributed by atoms with Crippen molar-refractivity contribution in [3.8, 4) is 11.5 Å². The van der Waals surface area contributed by atoms with E-state index in [1.807, 2.05) is 30.7 Å². The molecule has 114 valence electrons. The Hall–Kier alpha value is -1.79. The van der Waals surface area contributed by atoms with Crippen LogP contribution in [-0.4, -0.2) is 14.3 Å². The third-order valence-electron chi connectivity index (χ3n) is 3.14. The molecule has 1 atom stereocenters. The first-order valence-corrected chi connectivity index (χ1v) is 9.30. The Labute approximate surface area is 135 Å². The second kappa shape index (κ2) is 6.54. The molecule has 0 bridgehead atoms. The van der Waals surface area contributed by atoms with Gasteiger partial charge in [0, 0.05) is 21.9 Å². The second-order valence-corrected chi connectivity index (χ2v) is 7.49. The van der Waals surface area contributed by atoms with Crippen molar-refractivity contribution in [2.24, 2.45) is 0 Å². The summed E-state index contributed by atoms with van der Waals surface area (Å²) in [6.07, 6.45) is 0. The summed E-state index contributed by atoms with van der Waals surface area (Å²) >= 11 is 1.57. The van der Waals surface area contributed by atoms with E-state index in [-0.39, 0.29) is 0 Å². The first-order valence-electron chi connectivity index (χ1n) is 6.87. The van der Waals surface area contributed by atoms with Crippen LogP contribution in [0.25, 0.3) is 11.5 Å². The Kier molecular flexibility index (Phi) is 4.49. The molecule has 0 amide bonds. The van der Waals surface area contributed by atoms with E-state index in [1.165, 1.54) is 11.1 Å². The van der Waals surface area contributed by atoms with Crippen LogP contribution in [0.3, 0.4) is 0 Å². The zero-order chi connectivity index (χ0) is 15.5. The summed E-state index contributed by atoms with van der Waals surface area (Å²) in [5.41, 5.74) is 4.36. The maximum Gasteiger partial charge on any atom is 0.258 e. The number of rotatable bonds is 5. The summed E-state index contributed by atoms with van der Waals surface area (Å²) in [4.78, 5) is 4.31. The van der Waals surface area contributed by atoms with Crippen LogP contribution in [0.2, 0.25) is 0 Å². The summed E-state index contributed by atoms with van der Waals surface area (Å²) in [5, 5.41) is 7.82. The van der Waals surface area contributed by atoms with Gasteiger partial charge in [0.25, 0.3) is 5.89 Å². The van der Waals surface area contributed by atoms with Gasteiger partial charge in [0.2, 0.25) is 0 Å². The van der Waals surface area contributed by atoms with Gasteiger partial charge in [0.1, 0.15) is 0 Å². The summed E-state index contributed by atoms with van der Waals surface area (Å²) in [5.74, 6) is 1.79. The molecular weight excluding hydrogens is 316 g/mol. The molecule has 0 aliphatic heterocycles. The largest absolute Gasteiger partial charge is 0.334 e. The first-order chi connectivity index (χ1) is 10.6. The molecule has 0 saturated carbocycles. The van der Waals surface area contributed by atoms with Crippen molar-refractivity contribution in [1.82, 2.24) is 10.1 Å². The maximum absolute atomic E-state index is 12.3. The summed E-state index contributed by atoms with van der Waals surface area (Å²) in [6.45, 7) is 4.09. The van der Waals surface area contributed by atoms with Crippen LogP contribution in [-0.2, 0) is 22.3 Å². The Balaban J connectivity index is 1.67. The van der Waals surface area contributed by atoms with Gasteiger partial charge in [-0.3, -0.25) is 4.21 Å². The molecule has 4 nitrogen and oxygen atoms in total. The van der Waals surface area contributed by atoms with Gasteiger partial charge in [-0.05, 0) is 30.9 Å². The minimum absolute atomic E-state index is 0.306. The van der Waals surface area contributed by atoms with E-state index in [0.29, 0.717) is 23.2 Å². The molecule has 0 aliphatic carbocycles. The van der Waals surface area contributed by atoms with Crippen molar-refractivity contribution in [3.63, 3.8) is 0 Å². The first kappa shape index (κ1) is 15.1. The Bertz CT molecular complexity index is 774. The standard InChI is InChI=1S/C16H16N2O2S2/c1-11-5-12(2)7-13(6-11)9-22(19)10-15-17-16(20-18-15)14-3-4-21-8-14/h3-8H,9-10H2,1-2H3/t22-/m0/s1. The molecule has 0 fully saturated rings. The van der Waals surface area contributed by atoms with Crippen molar-refractivity contribution >= 4 is 22.1 Å². The van der Waals surface area contributed by atoms with E-state index in [1.54, 1.807) is 11.3 Å². The summed E-state index contributed by atoms with van der Waals surface area (Å²) < 4.78 is 17.5. The topological polar surface area (TPSA) is 56.0 Å². The molecule has 1 aromatic carbocycles. The number of aryl methyl sites for hydroxylation is 2. The van der Waals surface area contributed by atoms with Gasteiger partial charge in [-0.25, -0.2) is 0 Å². The van der Waals surface area contributed by atoms with Gasteiger partial charge in [0.05, 0.1) is 11.3 Å². The number of aromatic nitrogens is 2. The summed E-state index contributed by atoms with van der Waals surface area (Å²) in [6, 6.07) is 8.17. The fourth-order valence-electron chi connectivity index (χ4n) is 2.35. The van der Waals surface area contributed by atoms with Gasteiger partial charge in [-0.15, -0.1) is 0 Å². The SMILES string of the molecule is Cc1cc(C)cc(C[S@](=O)Cc2noc(-c3ccsc3)n2)c1. The molecule has 0 N–H and O–H groups in total. The molecule has 3 aromatic rings. The Morgan fingerprint density at radius 2 is 1.95 bits per heavy atom. The number of hydrogen-bond acceptors (Lipinski definition) is 5. The van der Waals surface area contributed by atoms with Crippen molar-refractivity contribution < 1.29 is 8.73 Å². The molecule has 0 saturated heterocycles. The third kappa shape index (κ3) is 3.69. The Morgan fingerprint density at radius 1 is 1.18 bits per heavy atom. The molecule has 0 unspecified atom stereocenters. The van der Waals surface area contributed by atoms with Crippen LogP contribution in [0.15, 0.2) is 39.5 Å². The highest BCUT2D eigenvalue weighted by Crippen LogP contribution is 2.20. The highest BCUT2D eigenvalue weighted by Gasteiger charge is 2.12. The summed E-state index contributed by atoms with van der Waals surface area (Å²) in [7, 11) is -1.05. The van der Waals surface area contributed by atoms with E-state index < -0.39 is 10.8 Å². The van der Waals surface area contributed by atoms with Crippen molar-refractivity contribution in [2.45, 2.75) is 25.4 Å². The van der Waals surface area contributed by atoms with Crippen molar-refractivity contribution in [1.29, 1.82) is 0 Å². The predicted octanol–water partition coefficient (Wildman–Crippen LogP) is 3.86. The smallest absolute Gasteiger partial charge is 0.258 e. The average Bonchev–Trinajstić information content (AvgIpc) is 3.07. The molecular formula is C16H16N2O2S2. The molecule has 22 heavy (non-hydrogen) atoms. The number of nitrogens with zero attached hydrogens (tertiary/aromatic N) is 2. The zero-order valence-corrected chi connectivity index (χ0v) is 14.0. The minimum atomic E-state index is -1.05. The van der Waals surface area contributed by atoms with E-state index in [2.05, 4.69) is 28.3 Å². The second-order valence-electron chi connectivity index (χ2n) is 5.25. The van der Waals surface area contributed by atoms with Crippen LogP contribution in [0.5, 0.6) is 0 Å². The lowest BCUT2D eigenvalue weighted by Crippen LogP contribution is -2.01. The van der Waals surface area contributed by atoms with E-state index in [4.69, 9.17) is 4.52 Å². The van der Waals surface area contributed by atoms with E-state index >= 15 is 0 Å². The number of hydrogen-bond donors (Lipinski definition) is 0. The number of benzene rings is 1. The van der Waals surface area contributed by atoms with Crippen LogP contribution < -0.4 is 0 Å². The van der Waals surface area contributed by atoms with Crippen LogP contribution in [0, 0.1) is 13.8 Å². The molecule has 0 spiro atoms. The van der Waals surface area contributed by atoms with Crippen LogP contribution in [0.1, 0.15) is 22.5 Å². The average molecular weight is 332 g/mol. The van der Waals surface area contributed by atoms with Crippen LogP contribution in [0.4, 0.5) is 0 Å². The molecule has 3 rings (SSSR count). The normalized spacial score (nSPS) is 12.5. The minimum Gasteiger partial charge on any atom is -0.334 e. The van der Waals surface area contributed by atoms with Gasteiger partial charge >= 0.3 is 0 Å². The highest BCUT2D eigenvalue weighted by molar-refractivity contribution is 7.83. The fraction of sp³-hybridized carbons (Fsp3) is 0.250. The molecule has 6 heteroatoms. The molecule has 2 aromatic heterocycles.